The Kier molecular flexibility index (Phi) is 4.80. The van der Waals surface area contributed by atoms with Crippen LogP contribution >= 0.6 is 0 Å². The second-order valence-corrected chi connectivity index (χ2v) is 5.19. The molecule has 0 aliphatic heterocycles. The summed E-state index contributed by atoms with van der Waals surface area (Å²) in [6.45, 7) is 3.20. The van der Waals surface area contributed by atoms with Crippen molar-refractivity contribution in [2.75, 3.05) is 18.8 Å². The minimum Gasteiger partial charge on any atom is -0.399 e. The van der Waals surface area contributed by atoms with Crippen molar-refractivity contribution in [3.8, 4) is 0 Å². The number of nitrogens with two attached hydrogens (primary N) is 1. The van der Waals surface area contributed by atoms with Crippen LogP contribution in [0, 0.1) is 0 Å². The Hall–Kier alpha value is -1.55. The first kappa shape index (κ1) is 13.9. The quantitative estimate of drug-likeness (QED) is 0.559. The standard InChI is InChI=1S/C15H23N3O/c1-11(19)17-8-3-9-18-15-5-2-4-12-6-7-13(16)10-14(12)15/h6-7,10,15,18H,2-5,8-9,16H2,1H3,(H,17,19). The van der Waals surface area contributed by atoms with Gasteiger partial charge in [0.25, 0.3) is 0 Å². The number of nitrogen functional groups attached to an aromatic ring is 1. The molecule has 1 amide bonds. The number of rotatable bonds is 5. The van der Waals surface area contributed by atoms with E-state index in [1.807, 2.05) is 6.07 Å². The van der Waals surface area contributed by atoms with Crippen LogP contribution in [0.2, 0.25) is 0 Å². The van der Waals surface area contributed by atoms with E-state index in [1.165, 1.54) is 17.5 Å². The average molecular weight is 261 g/mol. The van der Waals surface area contributed by atoms with Gasteiger partial charge in [-0.15, -0.1) is 0 Å². The van der Waals surface area contributed by atoms with E-state index < -0.39 is 0 Å². The number of carbonyl (C=O) groups is 1. The molecule has 0 spiro atoms. The summed E-state index contributed by atoms with van der Waals surface area (Å²) in [6.07, 6.45) is 4.49. The van der Waals surface area contributed by atoms with Crippen LogP contribution in [0.25, 0.3) is 0 Å². The Morgan fingerprint density at radius 2 is 2.26 bits per heavy atom. The Morgan fingerprint density at radius 1 is 1.42 bits per heavy atom. The van der Waals surface area contributed by atoms with E-state index in [1.54, 1.807) is 6.92 Å². The topological polar surface area (TPSA) is 67.2 Å². The normalized spacial score (nSPS) is 17.8. The van der Waals surface area contributed by atoms with Crippen molar-refractivity contribution in [2.45, 2.75) is 38.6 Å². The van der Waals surface area contributed by atoms with E-state index in [2.05, 4.69) is 22.8 Å². The second-order valence-electron chi connectivity index (χ2n) is 5.19. The second kappa shape index (κ2) is 6.57. The maximum Gasteiger partial charge on any atom is 0.216 e. The summed E-state index contributed by atoms with van der Waals surface area (Å²) in [5.74, 6) is 0.0378. The van der Waals surface area contributed by atoms with Gasteiger partial charge in [0, 0.05) is 25.2 Å². The highest BCUT2D eigenvalue weighted by molar-refractivity contribution is 5.72. The minimum atomic E-state index is 0.0378. The fourth-order valence-corrected chi connectivity index (χ4v) is 2.66. The number of nitrogens with one attached hydrogen (secondary N) is 2. The van der Waals surface area contributed by atoms with Gasteiger partial charge in [-0.3, -0.25) is 4.79 Å². The largest absolute Gasteiger partial charge is 0.399 e. The lowest BCUT2D eigenvalue weighted by Crippen LogP contribution is -2.29. The molecule has 0 bridgehead atoms. The number of hydrogen-bond donors (Lipinski definition) is 3. The summed E-state index contributed by atoms with van der Waals surface area (Å²) in [5.41, 5.74) is 9.49. The number of anilines is 1. The van der Waals surface area contributed by atoms with Crippen LogP contribution in [0.3, 0.4) is 0 Å². The smallest absolute Gasteiger partial charge is 0.216 e. The van der Waals surface area contributed by atoms with Crippen LogP contribution in [0.5, 0.6) is 0 Å². The summed E-state index contributed by atoms with van der Waals surface area (Å²) in [4.78, 5) is 10.8. The molecule has 4 heteroatoms. The first-order chi connectivity index (χ1) is 9.16. The zero-order chi connectivity index (χ0) is 13.7. The summed E-state index contributed by atoms with van der Waals surface area (Å²) in [5, 5.41) is 6.38. The third-order valence-corrected chi connectivity index (χ3v) is 3.60. The number of fused-ring (bicyclic) bond motifs is 1. The molecule has 4 nitrogen and oxygen atoms in total. The van der Waals surface area contributed by atoms with E-state index in [0.29, 0.717) is 6.04 Å². The van der Waals surface area contributed by atoms with Gasteiger partial charge in [-0.05, 0) is 55.5 Å². The number of amides is 1. The van der Waals surface area contributed by atoms with Crippen molar-refractivity contribution < 1.29 is 4.79 Å². The third-order valence-electron chi connectivity index (χ3n) is 3.60. The van der Waals surface area contributed by atoms with Gasteiger partial charge in [-0.1, -0.05) is 6.07 Å². The van der Waals surface area contributed by atoms with Crippen molar-refractivity contribution in [3.63, 3.8) is 0 Å². The highest BCUT2D eigenvalue weighted by Gasteiger charge is 2.19. The molecule has 4 N–H and O–H groups in total. The van der Waals surface area contributed by atoms with Gasteiger partial charge in [0.15, 0.2) is 0 Å². The first-order valence-electron chi connectivity index (χ1n) is 7.03. The maximum atomic E-state index is 10.8. The molecule has 104 valence electrons. The Morgan fingerprint density at radius 3 is 3.05 bits per heavy atom. The van der Waals surface area contributed by atoms with E-state index >= 15 is 0 Å². The maximum absolute atomic E-state index is 10.8. The van der Waals surface area contributed by atoms with Gasteiger partial charge < -0.3 is 16.4 Å². The van der Waals surface area contributed by atoms with Crippen LogP contribution < -0.4 is 16.4 Å². The van der Waals surface area contributed by atoms with E-state index in [-0.39, 0.29) is 5.91 Å². The lowest BCUT2D eigenvalue weighted by molar-refractivity contribution is -0.118. The Balaban J connectivity index is 1.85. The lowest BCUT2D eigenvalue weighted by Gasteiger charge is -2.27. The van der Waals surface area contributed by atoms with E-state index in [9.17, 15) is 4.79 Å². The molecule has 1 aliphatic carbocycles. The van der Waals surface area contributed by atoms with E-state index in [4.69, 9.17) is 5.73 Å². The Bertz CT molecular complexity index is 445. The molecule has 1 aromatic carbocycles. The summed E-state index contributed by atoms with van der Waals surface area (Å²) in [7, 11) is 0. The fraction of sp³-hybridized carbons (Fsp3) is 0.533. The molecule has 0 aromatic heterocycles. The highest BCUT2D eigenvalue weighted by Crippen LogP contribution is 2.30. The van der Waals surface area contributed by atoms with E-state index in [0.717, 1.165) is 38.0 Å². The molecule has 0 radical (unpaired) electrons. The van der Waals surface area contributed by atoms with Gasteiger partial charge >= 0.3 is 0 Å². The van der Waals surface area contributed by atoms with Gasteiger partial charge in [-0.25, -0.2) is 0 Å². The van der Waals surface area contributed by atoms with Gasteiger partial charge in [0.1, 0.15) is 0 Å². The molecule has 0 heterocycles. The Labute approximate surface area is 114 Å². The molecule has 0 fully saturated rings. The fourth-order valence-electron chi connectivity index (χ4n) is 2.66. The van der Waals surface area contributed by atoms with Crippen LogP contribution in [-0.2, 0) is 11.2 Å². The van der Waals surface area contributed by atoms with Crippen molar-refractivity contribution in [1.82, 2.24) is 10.6 Å². The molecule has 19 heavy (non-hydrogen) atoms. The number of benzene rings is 1. The molecular weight excluding hydrogens is 238 g/mol. The minimum absolute atomic E-state index is 0.0378. The van der Waals surface area contributed by atoms with Crippen molar-refractivity contribution in [3.05, 3.63) is 29.3 Å². The van der Waals surface area contributed by atoms with Crippen LogP contribution in [0.4, 0.5) is 5.69 Å². The molecule has 0 saturated carbocycles. The zero-order valence-corrected chi connectivity index (χ0v) is 11.5. The highest BCUT2D eigenvalue weighted by atomic mass is 16.1. The third kappa shape index (κ3) is 3.96. The molecular formula is C15H23N3O. The number of aryl methyl sites for hydroxylation is 1. The average Bonchev–Trinajstić information content (AvgIpc) is 2.38. The van der Waals surface area contributed by atoms with Gasteiger partial charge in [-0.2, -0.15) is 0 Å². The van der Waals surface area contributed by atoms with Gasteiger partial charge in [0.2, 0.25) is 5.91 Å². The van der Waals surface area contributed by atoms with Crippen LogP contribution in [0.15, 0.2) is 18.2 Å². The van der Waals surface area contributed by atoms with Gasteiger partial charge in [0.05, 0.1) is 0 Å². The summed E-state index contributed by atoms with van der Waals surface area (Å²) < 4.78 is 0. The number of hydrogen-bond acceptors (Lipinski definition) is 3. The molecule has 1 aliphatic rings. The van der Waals surface area contributed by atoms with Crippen molar-refractivity contribution in [2.24, 2.45) is 0 Å². The monoisotopic (exact) mass is 261 g/mol. The first-order valence-corrected chi connectivity index (χ1v) is 7.03. The van der Waals surface area contributed by atoms with Crippen LogP contribution in [-0.4, -0.2) is 19.0 Å². The predicted octanol–water partition coefficient (Wildman–Crippen LogP) is 1.76. The van der Waals surface area contributed by atoms with Crippen molar-refractivity contribution in [1.29, 1.82) is 0 Å². The zero-order valence-electron chi connectivity index (χ0n) is 11.5. The molecule has 1 unspecified atom stereocenters. The summed E-state index contributed by atoms with van der Waals surface area (Å²) >= 11 is 0. The number of carbonyl (C=O) groups excluding carboxylic acids is 1. The molecule has 1 atom stereocenters. The molecule has 1 aromatic rings. The predicted molar refractivity (Wildman–Crippen MR) is 77.8 cm³/mol. The summed E-state index contributed by atoms with van der Waals surface area (Å²) in [6, 6.07) is 6.64. The molecule has 2 rings (SSSR count). The molecule has 0 saturated heterocycles. The lowest BCUT2D eigenvalue weighted by atomic mass is 9.87. The SMILES string of the molecule is CC(=O)NCCCNC1CCCc2ccc(N)cc21. The van der Waals surface area contributed by atoms with Crippen LogP contribution in [0.1, 0.15) is 43.4 Å². The van der Waals surface area contributed by atoms with Crippen molar-refractivity contribution >= 4 is 11.6 Å².